The number of carbonyl (C=O) groups is 4. The standard InChI is InChI=1S/C36H60N2O6/c1-4-7-9-11-13-15-17-19-21-24-30(39)35(31(40)25-22-20-18-16-14-12-10-8-5-2)28-36(33(41)42,34(43)44)38(6-3,29-35)32-26-23-27-37-32/h23,26-27,37H,4-22,24-25,28-29H2,1-3H3,(H-,41,42,43,44)/p+1. The lowest BCUT2D eigenvalue weighted by Gasteiger charge is -2.41. The normalized spacial score (nSPS) is 18.8. The number of carboxylic acids is 2. The van der Waals surface area contributed by atoms with E-state index in [4.69, 9.17) is 0 Å². The number of quaternary nitrogens is 1. The van der Waals surface area contributed by atoms with Gasteiger partial charge in [0.2, 0.25) is 5.82 Å². The van der Waals surface area contributed by atoms with Gasteiger partial charge in [0.1, 0.15) is 12.0 Å². The molecular formula is C36H61N2O6+. The summed E-state index contributed by atoms with van der Waals surface area (Å²) in [5, 5.41) is 21.1. The van der Waals surface area contributed by atoms with Gasteiger partial charge in [-0.05, 0) is 25.8 Å². The number of carboxylic acid groups (broad SMARTS) is 2. The molecule has 1 aliphatic heterocycles. The monoisotopic (exact) mass is 617 g/mol. The van der Waals surface area contributed by atoms with Gasteiger partial charge in [0.05, 0.1) is 13.0 Å². The fourth-order valence-electron chi connectivity index (χ4n) is 7.48. The molecule has 1 aliphatic rings. The Labute approximate surface area is 266 Å². The molecule has 0 amide bonds. The van der Waals surface area contributed by atoms with Crippen molar-refractivity contribution in [2.45, 2.75) is 161 Å². The van der Waals surface area contributed by atoms with Crippen molar-refractivity contribution in [2.24, 2.45) is 5.41 Å². The minimum absolute atomic E-state index is 0.123. The second kappa shape index (κ2) is 19.1. The lowest BCUT2D eigenvalue weighted by Crippen LogP contribution is -2.70. The molecule has 0 spiro atoms. The summed E-state index contributed by atoms with van der Waals surface area (Å²) >= 11 is 0. The Hall–Kier alpha value is -2.48. The molecule has 2 rings (SSSR count). The fourth-order valence-corrected chi connectivity index (χ4v) is 7.48. The molecule has 1 saturated heterocycles. The maximum absolute atomic E-state index is 14.2. The minimum Gasteiger partial charge on any atom is -0.476 e. The van der Waals surface area contributed by atoms with Gasteiger partial charge in [-0.25, -0.2) is 9.59 Å². The van der Waals surface area contributed by atoms with E-state index in [0.29, 0.717) is 18.7 Å². The predicted octanol–water partition coefficient (Wildman–Crippen LogP) is 8.62. The lowest BCUT2D eigenvalue weighted by molar-refractivity contribution is -0.164. The molecule has 2 heterocycles. The number of nitrogens with zero attached hydrogens (tertiary/aromatic N) is 1. The number of H-pyrrole nitrogens is 1. The first-order chi connectivity index (χ1) is 21.2. The predicted molar refractivity (Wildman–Crippen MR) is 177 cm³/mol. The number of nitrogens with one attached hydrogen (secondary N) is 1. The molecule has 1 atom stereocenters. The van der Waals surface area contributed by atoms with Crippen molar-refractivity contribution in [2.75, 3.05) is 13.1 Å². The first-order valence-electron chi connectivity index (χ1n) is 17.7. The van der Waals surface area contributed by atoms with Crippen LogP contribution in [0.1, 0.15) is 156 Å². The van der Waals surface area contributed by atoms with Crippen LogP contribution in [0.2, 0.25) is 0 Å². The van der Waals surface area contributed by atoms with E-state index >= 15 is 0 Å². The van der Waals surface area contributed by atoms with Crippen LogP contribution in [0.25, 0.3) is 0 Å². The largest absolute Gasteiger partial charge is 0.476 e. The van der Waals surface area contributed by atoms with Crippen molar-refractivity contribution in [3.05, 3.63) is 18.3 Å². The second-order valence-electron chi connectivity index (χ2n) is 13.2. The minimum atomic E-state index is -2.35. The van der Waals surface area contributed by atoms with Crippen LogP contribution in [-0.2, 0) is 19.2 Å². The first-order valence-corrected chi connectivity index (χ1v) is 17.7. The molecule has 1 aromatic heterocycles. The maximum Gasteiger partial charge on any atom is 0.378 e. The average Bonchev–Trinajstić information content (AvgIpc) is 3.66. The number of aliphatic carboxylic acids is 2. The zero-order valence-electron chi connectivity index (χ0n) is 28.0. The van der Waals surface area contributed by atoms with Crippen molar-refractivity contribution in [1.82, 2.24) is 9.47 Å². The van der Waals surface area contributed by atoms with Gasteiger partial charge in [-0.2, -0.15) is 0 Å². The molecule has 1 unspecified atom stereocenters. The molecule has 1 fully saturated rings. The summed E-state index contributed by atoms with van der Waals surface area (Å²) in [6.07, 6.45) is 21.0. The summed E-state index contributed by atoms with van der Waals surface area (Å²) in [5.41, 5.74) is -3.99. The number of likely N-dealkylation sites (N-methyl/N-ethyl adjacent to an activating group) is 1. The topological polar surface area (TPSA) is 125 Å². The molecule has 8 nitrogen and oxygen atoms in total. The van der Waals surface area contributed by atoms with Crippen molar-refractivity contribution in [3.8, 4) is 0 Å². The molecule has 3 N–H and O–H groups in total. The maximum atomic E-state index is 14.2. The SMILES string of the molecule is CCCCCCCCCCCC(=O)C1(C(=O)CCCCCCCCCCC)CC(C(=O)O)(C(=O)O)[N+](CC)(c2ccc[nH]2)C1. The third-order valence-corrected chi connectivity index (χ3v) is 10.2. The Morgan fingerprint density at radius 3 is 1.43 bits per heavy atom. The van der Waals surface area contributed by atoms with Crippen molar-refractivity contribution in [1.29, 1.82) is 0 Å². The van der Waals surface area contributed by atoms with Gasteiger partial charge < -0.3 is 15.2 Å². The van der Waals surface area contributed by atoms with E-state index in [0.717, 1.165) is 38.5 Å². The molecule has 0 bridgehead atoms. The number of carbonyl (C=O) groups excluding carboxylic acids is 2. The lowest BCUT2D eigenvalue weighted by atomic mass is 9.71. The van der Waals surface area contributed by atoms with E-state index in [2.05, 4.69) is 18.8 Å². The number of Topliss-reactive ketones (excluding diaryl/α,β-unsaturated/α-hetero) is 2. The Balaban J connectivity index is 2.22. The van der Waals surface area contributed by atoms with E-state index in [-0.39, 0.29) is 37.5 Å². The number of aromatic nitrogens is 1. The third-order valence-electron chi connectivity index (χ3n) is 10.2. The van der Waals surface area contributed by atoms with Gasteiger partial charge in [-0.15, -0.1) is 0 Å². The highest BCUT2D eigenvalue weighted by Crippen LogP contribution is 2.52. The highest BCUT2D eigenvalue weighted by atomic mass is 16.4. The molecule has 0 radical (unpaired) electrons. The molecule has 44 heavy (non-hydrogen) atoms. The molecule has 0 saturated carbocycles. The van der Waals surface area contributed by atoms with Crippen LogP contribution in [0.5, 0.6) is 0 Å². The fraction of sp³-hybridized carbons (Fsp3) is 0.778. The van der Waals surface area contributed by atoms with Crippen molar-refractivity contribution in [3.63, 3.8) is 0 Å². The smallest absolute Gasteiger partial charge is 0.378 e. The van der Waals surface area contributed by atoms with Crippen LogP contribution >= 0.6 is 0 Å². The Morgan fingerprint density at radius 1 is 0.682 bits per heavy atom. The third kappa shape index (κ3) is 9.04. The quantitative estimate of drug-likeness (QED) is 0.0543. The number of hydrogen-bond donors (Lipinski definition) is 3. The number of rotatable bonds is 26. The summed E-state index contributed by atoms with van der Waals surface area (Å²) in [5.74, 6) is -3.17. The zero-order chi connectivity index (χ0) is 32.5. The first kappa shape index (κ1) is 37.7. The molecular weight excluding hydrogens is 556 g/mol. The average molecular weight is 618 g/mol. The number of ketones is 2. The summed E-state index contributed by atoms with van der Waals surface area (Å²) in [6.45, 7) is 6.13. The molecule has 0 aromatic carbocycles. The van der Waals surface area contributed by atoms with Crippen LogP contribution in [-0.4, -0.2) is 57.3 Å². The number of hydrogen-bond acceptors (Lipinski definition) is 4. The van der Waals surface area contributed by atoms with Crippen LogP contribution in [0.3, 0.4) is 0 Å². The van der Waals surface area contributed by atoms with Gasteiger partial charge in [0, 0.05) is 25.1 Å². The Bertz CT molecular complexity index is 972. The van der Waals surface area contributed by atoms with E-state index in [1.807, 2.05) is 0 Å². The van der Waals surface area contributed by atoms with Crippen molar-refractivity contribution >= 4 is 29.3 Å². The van der Waals surface area contributed by atoms with Crippen LogP contribution in [0, 0.1) is 5.41 Å². The van der Waals surface area contributed by atoms with Gasteiger partial charge in [-0.1, -0.05) is 117 Å². The number of likely N-dealkylation sites (tertiary alicyclic amines) is 1. The number of aromatic amines is 1. The summed E-state index contributed by atoms with van der Waals surface area (Å²) in [4.78, 5) is 57.3. The highest BCUT2D eigenvalue weighted by molar-refractivity contribution is 6.14. The molecule has 1 aromatic rings. The van der Waals surface area contributed by atoms with Gasteiger partial charge in [0.15, 0.2) is 11.6 Å². The highest BCUT2D eigenvalue weighted by Gasteiger charge is 2.77. The Kier molecular flexibility index (Phi) is 16.4. The summed E-state index contributed by atoms with van der Waals surface area (Å²) in [7, 11) is 0. The molecule has 0 aliphatic carbocycles. The summed E-state index contributed by atoms with van der Waals surface area (Å²) < 4.78 is -0.488. The van der Waals surface area contributed by atoms with Gasteiger partial charge in [-0.3, -0.25) is 14.1 Å². The summed E-state index contributed by atoms with van der Waals surface area (Å²) in [6, 6.07) is 3.38. The van der Waals surface area contributed by atoms with Gasteiger partial charge in [0.25, 0.3) is 0 Å². The second-order valence-corrected chi connectivity index (χ2v) is 13.2. The molecule has 8 heteroatoms. The zero-order valence-corrected chi connectivity index (χ0v) is 28.0. The van der Waals surface area contributed by atoms with Crippen LogP contribution in [0.4, 0.5) is 5.82 Å². The Morgan fingerprint density at radius 2 is 1.09 bits per heavy atom. The van der Waals surface area contributed by atoms with Crippen LogP contribution in [0.15, 0.2) is 18.3 Å². The number of unbranched alkanes of at least 4 members (excludes halogenated alkanes) is 16. The van der Waals surface area contributed by atoms with Crippen molar-refractivity contribution < 1.29 is 29.4 Å². The van der Waals surface area contributed by atoms with E-state index in [1.165, 1.54) is 64.2 Å². The van der Waals surface area contributed by atoms with Crippen LogP contribution < -0.4 is 4.48 Å². The van der Waals surface area contributed by atoms with Gasteiger partial charge >= 0.3 is 17.5 Å². The van der Waals surface area contributed by atoms with E-state index < -0.39 is 33.8 Å². The molecule has 250 valence electrons. The van der Waals surface area contributed by atoms with E-state index in [9.17, 15) is 29.4 Å². The van der Waals surface area contributed by atoms with E-state index in [1.54, 1.807) is 25.3 Å².